The summed E-state index contributed by atoms with van der Waals surface area (Å²) in [5.41, 5.74) is -0.0485. The second-order valence-corrected chi connectivity index (χ2v) is 7.00. The van der Waals surface area contributed by atoms with Crippen molar-refractivity contribution in [3.8, 4) is 5.75 Å². The molecule has 0 saturated carbocycles. The number of urea groups is 1. The number of hydrogen-bond donors (Lipinski definition) is 2. The van der Waals surface area contributed by atoms with Gasteiger partial charge >= 0.3 is 6.03 Å². The van der Waals surface area contributed by atoms with E-state index in [0.717, 1.165) is 19.5 Å². The van der Waals surface area contributed by atoms with Crippen LogP contribution in [0.5, 0.6) is 5.75 Å². The Morgan fingerprint density at radius 1 is 1.35 bits per heavy atom. The number of nitro groups is 1. The number of benzene rings is 1. The molecule has 2 rings (SSSR count). The van der Waals surface area contributed by atoms with Gasteiger partial charge in [0, 0.05) is 12.6 Å². The molecule has 1 aromatic carbocycles. The van der Waals surface area contributed by atoms with Crippen molar-refractivity contribution in [3.63, 3.8) is 0 Å². The van der Waals surface area contributed by atoms with Crippen LogP contribution in [0, 0.1) is 16.0 Å². The largest absolute Gasteiger partial charge is 0.496 e. The second kappa shape index (κ2) is 9.38. The highest BCUT2D eigenvalue weighted by Crippen LogP contribution is 2.28. The Kier molecular flexibility index (Phi) is 7.20. The zero-order chi connectivity index (χ0) is 19.1. The molecule has 2 amide bonds. The summed E-state index contributed by atoms with van der Waals surface area (Å²) in [6, 6.07) is 4.19. The van der Waals surface area contributed by atoms with Crippen molar-refractivity contribution in [2.24, 2.45) is 5.92 Å². The number of carbonyl (C=O) groups excluding carboxylic acids is 1. The van der Waals surface area contributed by atoms with Gasteiger partial charge in [-0.15, -0.1) is 0 Å². The average molecular weight is 364 g/mol. The quantitative estimate of drug-likeness (QED) is 0.545. The molecule has 8 heteroatoms. The van der Waals surface area contributed by atoms with Crippen LogP contribution in [0.3, 0.4) is 0 Å². The maximum Gasteiger partial charge on any atom is 0.319 e. The summed E-state index contributed by atoms with van der Waals surface area (Å²) in [5, 5.41) is 16.6. The third-order valence-corrected chi connectivity index (χ3v) is 4.55. The number of amides is 2. The van der Waals surface area contributed by atoms with E-state index < -0.39 is 11.0 Å². The molecule has 0 radical (unpaired) electrons. The zero-order valence-corrected chi connectivity index (χ0v) is 15.7. The number of likely N-dealkylation sites (tertiary alicyclic amines) is 1. The standard InChI is InChI=1S/C18H28N4O4/c1-13(2)10-14(21-8-4-5-9-21)12-19-18(23)20-16-7-6-15(26-3)11-17(16)22(24)25/h6-7,11,13-14H,4-5,8-10,12H2,1-3H3,(H2,19,20,23). The number of nitro benzene ring substituents is 1. The van der Waals surface area contributed by atoms with Crippen molar-refractivity contribution >= 4 is 17.4 Å². The fourth-order valence-electron chi connectivity index (χ4n) is 3.28. The van der Waals surface area contributed by atoms with Crippen molar-refractivity contribution in [3.05, 3.63) is 28.3 Å². The molecule has 1 fully saturated rings. The molecule has 1 aromatic rings. The van der Waals surface area contributed by atoms with Crippen molar-refractivity contribution in [1.29, 1.82) is 0 Å². The molecule has 0 aliphatic carbocycles. The SMILES string of the molecule is COc1ccc(NC(=O)NCC(CC(C)C)N2CCCC2)c([N+](=O)[O-])c1. The first kappa shape index (κ1) is 20.0. The average Bonchev–Trinajstić information content (AvgIpc) is 3.13. The van der Waals surface area contributed by atoms with Gasteiger partial charge in [-0.2, -0.15) is 0 Å². The van der Waals surface area contributed by atoms with Gasteiger partial charge in [-0.05, 0) is 50.4 Å². The number of methoxy groups -OCH3 is 1. The zero-order valence-electron chi connectivity index (χ0n) is 15.7. The fraction of sp³-hybridized carbons (Fsp3) is 0.611. The predicted molar refractivity (Wildman–Crippen MR) is 101 cm³/mol. The van der Waals surface area contributed by atoms with Gasteiger partial charge in [-0.1, -0.05) is 13.8 Å². The third kappa shape index (κ3) is 5.59. The van der Waals surface area contributed by atoms with E-state index in [-0.39, 0.29) is 17.4 Å². The minimum Gasteiger partial charge on any atom is -0.496 e. The molecule has 1 unspecified atom stereocenters. The van der Waals surface area contributed by atoms with Gasteiger partial charge < -0.3 is 15.4 Å². The first-order valence-corrected chi connectivity index (χ1v) is 9.02. The smallest absolute Gasteiger partial charge is 0.319 e. The summed E-state index contributed by atoms with van der Waals surface area (Å²) in [6.45, 7) is 6.98. The van der Waals surface area contributed by atoms with E-state index in [9.17, 15) is 14.9 Å². The van der Waals surface area contributed by atoms with E-state index in [2.05, 4.69) is 29.4 Å². The molecule has 0 spiro atoms. The Hall–Kier alpha value is -2.35. The van der Waals surface area contributed by atoms with Crippen LogP contribution < -0.4 is 15.4 Å². The van der Waals surface area contributed by atoms with Crippen LogP contribution in [0.1, 0.15) is 33.1 Å². The number of hydrogen-bond acceptors (Lipinski definition) is 5. The van der Waals surface area contributed by atoms with E-state index >= 15 is 0 Å². The molecule has 1 aliphatic rings. The van der Waals surface area contributed by atoms with Crippen LogP contribution in [-0.2, 0) is 0 Å². The minimum absolute atomic E-state index is 0.148. The van der Waals surface area contributed by atoms with Crippen LogP contribution in [0.25, 0.3) is 0 Å². The highest BCUT2D eigenvalue weighted by Gasteiger charge is 2.24. The third-order valence-electron chi connectivity index (χ3n) is 4.55. The molecule has 26 heavy (non-hydrogen) atoms. The fourth-order valence-corrected chi connectivity index (χ4v) is 3.28. The first-order chi connectivity index (χ1) is 12.4. The molecule has 144 valence electrons. The highest BCUT2D eigenvalue weighted by atomic mass is 16.6. The molecule has 1 saturated heterocycles. The number of rotatable bonds is 8. The Labute approximate surface area is 154 Å². The van der Waals surface area contributed by atoms with Gasteiger partial charge in [0.15, 0.2) is 0 Å². The molecule has 8 nitrogen and oxygen atoms in total. The van der Waals surface area contributed by atoms with Crippen LogP contribution >= 0.6 is 0 Å². The summed E-state index contributed by atoms with van der Waals surface area (Å²) in [6.07, 6.45) is 3.39. The minimum atomic E-state index is -0.538. The predicted octanol–water partition coefficient (Wildman–Crippen LogP) is 3.24. The molecule has 1 atom stereocenters. The Bertz CT molecular complexity index is 630. The summed E-state index contributed by atoms with van der Waals surface area (Å²) in [5.74, 6) is 0.904. The lowest BCUT2D eigenvalue weighted by molar-refractivity contribution is -0.384. The van der Waals surface area contributed by atoms with Gasteiger partial charge in [-0.3, -0.25) is 15.0 Å². The number of anilines is 1. The van der Waals surface area contributed by atoms with E-state index in [1.807, 2.05) is 0 Å². The Morgan fingerprint density at radius 3 is 2.62 bits per heavy atom. The lowest BCUT2D eigenvalue weighted by Gasteiger charge is -2.29. The molecule has 1 aliphatic heterocycles. The molecule has 2 N–H and O–H groups in total. The van der Waals surface area contributed by atoms with Crippen LogP contribution in [0.4, 0.5) is 16.2 Å². The van der Waals surface area contributed by atoms with Gasteiger partial charge in [0.05, 0.1) is 18.1 Å². The monoisotopic (exact) mass is 364 g/mol. The molecule has 0 bridgehead atoms. The van der Waals surface area contributed by atoms with Gasteiger partial charge in [-0.25, -0.2) is 4.79 Å². The van der Waals surface area contributed by atoms with E-state index in [1.165, 1.54) is 32.1 Å². The second-order valence-electron chi connectivity index (χ2n) is 7.00. The summed E-state index contributed by atoms with van der Waals surface area (Å²) in [7, 11) is 1.44. The number of ether oxygens (including phenoxy) is 1. The van der Waals surface area contributed by atoms with Gasteiger partial charge in [0.2, 0.25) is 0 Å². The summed E-state index contributed by atoms with van der Waals surface area (Å²) < 4.78 is 5.00. The first-order valence-electron chi connectivity index (χ1n) is 9.02. The number of nitrogens with zero attached hydrogens (tertiary/aromatic N) is 2. The van der Waals surface area contributed by atoms with Crippen molar-refractivity contribution < 1.29 is 14.5 Å². The number of carbonyl (C=O) groups is 1. The van der Waals surface area contributed by atoms with Crippen LogP contribution in [-0.4, -0.2) is 48.6 Å². The molecular formula is C18H28N4O4. The van der Waals surface area contributed by atoms with Gasteiger partial charge in [0.25, 0.3) is 5.69 Å². The van der Waals surface area contributed by atoms with Gasteiger partial charge in [0.1, 0.15) is 11.4 Å². The highest BCUT2D eigenvalue weighted by molar-refractivity contribution is 5.92. The summed E-state index contributed by atoms with van der Waals surface area (Å²) >= 11 is 0. The molecular weight excluding hydrogens is 336 g/mol. The van der Waals surface area contributed by atoms with Crippen molar-refractivity contribution in [2.45, 2.75) is 39.2 Å². The van der Waals surface area contributed by atoms with Crippen molar-refractivity contribution in [1.82, 2.24) is 10.2 Å². The maximum atomic E-state index is 12.3. The van der Waals surface area contributed by atoms with Crippen LogP contribution in [0.2, 0.25) is 0 Å². The van der Waals surface area contributed by atoms with E-state index in [4.69, 9.17) is 4.74 Å². The van der Waals surface area contributed by atoms with Crippen LogP contribution in [0.15, 0.2) is 18.2 Å². The van der Waals surface area contributed by atoms with Crippen molar-refractivity contribution in [2.75, 3.05) is 32.1 Å². The normalized spacial score (nSPS) is 15.7. The topological polar surface area (TPSA) is 96.7 Å². The van der Waals surface area contributed by atoms with E-state index in [1.54, 1.807) is 6.07 Å². The lowest BCUT2D eigenvalue weighted by Crippen LogP contribution is -2.44. The number of nitrogens with one attached hydrogen (secondary N) is 2. The maximum absolute atomic E-state index is 12.3. The Balaban J connectivity index is 1.97. The molecule has 0 aromatic heterocycles. The molecule has 1 heterocycles. The Morgan fingerprint density at radius 2 is 2.04 bits per heavy atom. The lowest BCUT2D eigenvalue weighted by atomic mass is 10.0. The summed E-state index contributed by atoms with van der Waals surface area (Å²) in [4.78, 5) is 25.3. The van der Waals surface area contributed by atoms with E-state index in [0.29, 0.717) is 18.2 Å².